The van der Waals surface area contributed by atoms with E-state index in [1.165, 1.54) is 0 Å². The fourth-order valence-electron chi connectivity index (χ4n) is 2.92. The molecule has 0 aromatic heterocycles. The van der Waals surface area contributed by atoms with Gasteiger partial charge in [0.2, 0.25) is 15.9 Å². The monoisotopic (exact) mass is 382 g/mol. The van der Waals surface area contributed by atoms with E-state index in [1.54, 1.807) is 23.1 Å². The molecule has 1 amide bonds. The summed E-state index contributed by atoms with van der Waals surface area (Å²) in [6.45, 7) is 12.4. The molecule has 1 aromatic carbocycles. The van der Waals surface area contributed by atoms with Gasteiger partial charge in [-0.15, -0.1) is 0 Å². The first-order valence-electron chi connectivity index (χ1n) is 9.00. The topological polar surface area (TPSA) is 75.7 Å². The van der Waals surface area contributed by atoms with Crippen molar-refractivity contribution in [3.05, 3.63) is 18.2 Å². The van der Waals surface area contributed by atoms with Crippen molar-refractivity contribution in [1.82, 2.24) is 0 Å². The van der Waals surface area contributed by atoms with E-state index in [1.807, 2.05) is 27.7 Å². The standard InChI is InChI=1S/C19H30N2O4S/c1-13(2)10-21-16-8-7-15(20-26(23,24)11-14(3)4)9-17(16)25-12-19(5,6)18(21)22/h7-9,13-14,20H,10-12H2,1-6H3. The Morgan fingerprint density at radius 1 is 1.19 bits per heavy atom. The number of sulfonamides is 1. The van der Waals surface area contributed by atoms with Crippen molar-refractivity contribution in [2.24, 2.45) is 17.3 Å². The summed E-state index contributed by atoms with van der Waals surface area (Å²) in [4.78, 5) is 14.7. The molecule has 0 unspecified atom stereocenters. The first-order valence-corrected chi connectivity index (χ1v) is 10.7. The van der Waals surface area contributed by atoms with E-state index in [2.05, 4.69) is 18.6 Å². The maximum Gasteiger partial charge on any atom is 0.236 e. The van der Waals surface area contributed by atoms with Crippen molar-refractivity contribution in [3.8, 4) is 5.75 Å². The molecule has 0 saturated heterocycles. The van der Waals surface area contributed by atoms with Crippen molar-refractivity contribution in [2.45, 2.75) is 41.5 Å². The number of anilines is 2. The van der Waals surface area contributed by atoms with Gasteiger partial charge in [0.05, 0.1) is 22.5 Å². The molecule has 1 aromatic rings. The summed E-state index contributed by atoms with van der Waals surface area (Å²) < 4.78 is 32.9. The largest absolute Gasteiger partial charge is 0.490 e. The number of nitrogens with one attached hydrogen (secondary N) is 1. The third kappa shape index (κ3) is 4.90. The molecule has 1 heterocycles. The quantitative estimate of drug-likeness (QED) is 0.817. The normalized spacial score (nSPS) is 17.1. The summed E-state index contributed by atoms with van der Waals surface area (Å²) in [7, 11) is -3.42. The van der Waals surface area contributed by atoms with Gasteiger partial charge in [0.15, 0.2) is 0 Å². The van der Waals surface area contributed by atoms with Crippen LogP contribution in [0.3, 0.4) is 0 Å². The third-order valence-corrected chi connectivity index (χ3v) is 5.69. The molecule has 1 N–H and O–H groups in total. The van der Waals surface area contributed by atoms with Crippen molar-refractivity contribution < 1.29 is 17.9 Å². The Morgan fingerprint density at radius 3 is 2.42 bits per heavy atom. The van der Waals surface area contributed by atoms with Crippen LogP contribution in [-0.2, 0) is 14.8 Å². The minimum Gasteiger partial charge on any atom is -0.490 e. The number of ether oxygens (including phenoxy) is 1. The molecule has 7 heteroatoms. The van der Waals surface area contributed by atoms with Crippen molar-refractivity contribution in [2.75, 3.05) is 28.5 Å². The molecule has 0 fully saturated rings. The molecule has 146 valence electrons. The molecular weight excluding hydrogens is 352 g/mol. The van der Waals surface area contributed by atoms with Gasteiger partial charge >= 0.3 is 0 Å². The summed E-state index contributed by atoms with van der Waals surface area (Å²) in [5.41, 5.74) is 0.479. The van der Waals surface area contributed by atoms with Crippen LogP contribution in [0.15, 0.2) is 18.2 Å². The van der Waals surface area contributed by atoms with Gasteiger partial charge in [-0.3, -0.25) is 9.52 Å². The lowest BCUT2D eigenvalue weighted by molar-refractivity contribution is -0.127. The summed E-state index contributed by atoms with van der Waals surface area (Å²) in [5, 5.41) is 0. The van der Waals surface area contributed by atoms with Crippen LogP contribution in [0.25, 0.3) is 0 Å². The highest BCUT2D eigenvalue weighted by Gasteiger charge is 2.38. The molecule has 0 atom stereocenters. The van der Waals surface area contributed by atoms with Crippen LogP contribution in [0, 0.1) is 17.3 Å². The fourth-order valence-corrected chi connectivity index (χ4v) is 4.36. The molecule has 2 rings (SSSR count). The first kappa shape index (κ1) is 20.6. The highest BCUT2D eigenvalue weighted by atomic mass is 32.2. The summed E-state index contributed by atoms with van der Waals surface area (Å²) in [6, 6.07) is 5.10. The second-order valence-electron chi connectivity index (χ2n) is 8.44. The molecule has 1 aliphatic heterocycles. The van der Waals surface area contributed by atoms with Crippen LogP contribution >= 0.6 is 0 Å². The minimum absolute atomic E-state index is 0.0121. The SMILES string of the molecule is CC(C)CN1C(=O)C(C)(C)COc2cc(NS(=O)(=O)CC(C)C)ccc21. The van der Waals surface area contributed by atoms with Crippen LogP contribution in [0.5, 0.6) is 5.75 Å². The Labute approximate surface area is 157 Å². The summed E-state index contributed by atoms with van der Waals surface area (Å²) >= 11 is 0. The van der Waals surface area contributed by atoms with Crippen LogP contribution in [-0.4, -0.2) is 33.2 Å². The zero-order valence-electron chi connectivity index (χ0n) is 16.5. The van der Waals surface area contributed by atoms with Crippen molar-refractivity contribution in [1.29, 1.82) is 0 Å². The zero-order chi connectivity index (χ0) is 19.7. The van der Waals surface area contributed by atoms with Crippen LogP contribution in [0.4, 0.5) is 11.4 Å². The molecule has 0 spiro atoms. The highest BCUT2D eigenvalue weighted by molar-refractivity contribution is 7.92. The van der Waals surface area contributed by atoms with Gasteiger partial charge in [-0.1, -0.05) is 27.7 Å². The smallest absolute Gasteiger partial charge is 0.236 e. The number of benzene rings is 1. The number of carbonyl (C=O) groups excluding carboxylic acids is 1. The van der Waals surface area contributed by atoms with E-state index >= 15 is 0 Å². The maximum absolute atomic E-state index is 12.9. The Balaban J connectivity index is 2.38. The molecule has 0 radical (unpaired) electrons. The number of hydrogen-bond acceptors (Lipinski definition) is 4. The summed E-state index contributed by atoms with van der Waals surface area (Å²) in [5.74, 6) is 0.914. The molecule has 0 saturated carbocycles. The van der Waals surface area contributed by atoms with E-state index in [9.17, 15) is 13.2 Å². The highest BCUT2D eigenvalue weighted by Crippen LogP contribution is 2.38. The number of rotatable bonds is 6. The second kappa shape index (κ2) is 7.47. The molecular formula is C19H30N2O4S. The Kier molecular flexibility index (Phi) is 5.90. The van der Waals surface area contributed by atoms with Gasteiger partial charge in [-0.2, -0.15) is 0 Å². The predicted octanol–water partition coefficient (Wildman–Crippen LogP) is 3.49. The van der Waals surface area contributed by atoms with Gasteiger partial charge in [0.25, 0.3) is 0 Å². The molecule has 1 aliphatic rings. The van der Waals surface area contributed by atoms with E-state index in [0.717, 1.165) is 0 Å². The number of hydrogen-bond donors (Lipinski definition) is 1. The fraction of sp³-hybridized carbons (Fsp3) is 0.632. The Hall–Kier alpha value is -1.76. The van der Waals surface area contributed by atoms with Crippen LogP contribution in [0.2, 0.25) is 0 Å². The maximum atomic E-state index is 12.9. The third-order valence-electron chi connectivity index (χ3n) is 4.04. The second-order valence-corrected chi connectivity index (χ2v) is 10.2. The average Bonchev–Trinajstić information content (AvgIpc) is 2.56. The molecule has 26 heavy (non-hydrogen) atoms. The van der Waals surface area contributed by atoms with Crippen LogP contribution in [0.1, 0.15) is 41.5 Å². The lowest BCUT2D eigenvalue weighted by atomic mass is 9.92. The zero-order valence-corrected chi connectivity index (χ0v) is 17.3. The number of carbonyl (C=O) groups is 1. The van der Waals surface area contributed by atoms with Crippen molar-refractivity contribution >= 4 is 27.3 Å². The number of nitrogens with zero attached hydrogens (tertiary/aromatic N) is 1. The number of fused-ring (bicyclic) bond motifs is 1. The molecule has 0 bridgehead atoms. The Bertz CT molecular complexity index is 770. The average molecular weight is 383 g/mol. The predicted molar refractivity (Wildman–Crippen MR) is 105 cm³/mol. The molecule has 6 nitrogen and oxygen atoms in total. The van der Waals surface area contributed by atoms with E-state index in [4.69, 9.17) is 4.74 Å². The van der Waals surface area contributed by atoms with Gasteiger partial charge in [-0.05, 0) is 37.8 Å². The summed E-state index contributed by atoms with van der Waals surface area (Å²) in [6.07, 6.45) is 0. The number of amides is 1. The van der Waals surface area contributed by atoms with E-state index in [-0.39, 0.29) is 24.2 Å². The Morgan fingerprint density at radius 2 is 1.85 bits per heavy atom. The van der Waals surface area contributed by atoms with E-state index < -0.39 is 15.4 Å². The van der Waals surface area contributed by atoms with Crippen LogP contribution < -0.4 is 14.4 Å². The van der Waals surface area contributed by atoms with Gasteiger partial charge in [-0.25, -0.2) is 8.42 Å². The first-order chi connectivity index (χ1) is 11.9. The lowest BCUT2D eigenvalue weighted by Crippen LogP contribution is -2.43. The van der Waals surface area contributed by atoms with Gasteiger partial charge in [0.1, 0.15) is 12.4 Å². The lowest BCUT2D eigenvalue weighted by Gasteiger charge is -2.29. The van der Waals surface area contributed by atoms with Crippen molar-refractivity contribution in [3.63, 3.8) is 0 Å². The molecule has 0 aliphatic carbocycles. The minimum atomic E-state index is -3.42. The van der Waals surface area contributed by atoms with Gasteiger partial charge < -0.3 is 9.64 Å². The van der Waals surface area contributed by atoms with Gasteiger partial charge in [0, 0.05) is 12.6 Å². The van der Waals surface area contributed by atoms with E-state index in [0.29, 0.717) is 29.6 Å².